The number of carbonyl (C=O) groups is 2. The van der Waals surface area contributed by atoms with Gasteiger partial charge in [-0.25, -0.2) is 0 Å². The molecule has 1 aromatic carbocycles. The van der Waals surface area contributed by atoms with Crippen molar-refractivity contribution < 1.29 is 14.3 Å². The van der Waals surface area contributed by atoms with Crippen LogP contribution in [0.1, 0.15) is 54.9 Å². The third-order valence-electron chi connectivity index (χ3n) is 5.81. The normalized spacial score (nSPS) is 27.7. The van der Waals surface area contributed by atoms with Crippen molar-refractivity contribution in [2.45, 2.75) is 63.8 Å². The molecule has 0 spiro atoms. The fourth-order valence-electron chi connectivity index (χ4n) is 4.44. The van der Waals surface area contributed by atoms with Gasteiger partial charge in [-0.1, -0.05) is 13.5 Å². The van der Waals surface area contributed by atoms with Gasteiger partial charge >= 0.3 is 0 Å². The molecule has 2 N–H and O–H groups in total. The monoisotopic (exact) mass is 369 g/mol. The predicted octanol–water partition coefficient (Wildman–Crippen LogP) is 2.34. The van der Waals surface area contributed by atoms with Crippen LogP contribution in [0.4, 0.5) is 0 Å². The summed E-state index contributed by atoms with van der Waals surface area (Å²) in [4.78, 5) is 26.7. The third-order valence-corrected chi connectivity index (χ3v) is 5.81. The summed E-state index contributed by atoms with van der Waals surface area (Å²) in [7, 11) is 0. The average Bonchev–Trinajstić information content (AvgIpc) is 3.20. The maximum absolute atomic E-state index is 12.8. The van der Waals surface area contributed by atoms with E-state index < -0.39 is 6.04 Å². The summed E-state index contributed by atoms with van der Waals surface area (Å²) >= 11 is 0. The van der Waals surface area contributed by atoms with Crippen LogP contribution in [-0.4, -0.2) is 41.4 Å². The quantitative estimate of drug-likeness (QED) is 0.836. The van der Waals surface area contributed by atoms with E-state index in [1.54, 1.807) is 4.90 Å². The maximum Gasteiger partial charge on any atom is 0.255 e. The first-order valence-corrected chi connectivity index (χ1v) is 9.89. The van der Waals surface area contributed by atoms with Crippen LogP contribution in [0.3, 0.4) is 0 Å². The van der Waals surface area contributed by atoms with Gasteiger partial charge in [-0.3, -0.25) is 9.59 Å². The van der Waals surface area contributed by atoms with Crippen LogP contribution in [0.5, 0.6) is 5.75 Å². The van der Waals surface area contributed by atoms with Crippen LogP contribution in [-0.2, 0) is 11.3 Å². The number of likely N-dealkylation sites (N-methyl/N-ethyl adjacent to an activating group) is 1. The Kier molecular flexibility index (Phi) is 4.91. The number of fused-ring (bicyclic) bond motifs is 1. The second-order valence-electron chi connectivity index (χ2n) is 7.65. The molecule has 2 amide bonds. The SMILES string of the molecule is C=C1CCC(N2Cc3cc(OC4CCCC4NCC)ccc3C2=O)C(=O)N1. The number of rotatable bonds is 5. The van der Waals surface area contributed by atoms with Crippen molar-refractivity contribution in [2.75, 3.05) is 6.54 Å². The fraction of sp³-hybridized carbons (Fsp3) is 0.524. The van der Waals surface area contributed by atoms with Crippen LogP contribution in [0.15, 0.2) is 30.5 Å². The minimum absolute atomic E-state index is 0.0735. The van der Waals surface area contributed by atoms with Crippen molar-refractivity contribution >= 4 is 11.8 Å². The summed E-state index contributed by atoms with van der Waals surface area (Å²) in [6.07, 6.45) is 4.86. The Bertz CT molecular complexity index is 776. The van der Waals surface area contributed by atoms with Crippen molar-refractivity contribution in [3.8, 4) is 5.75 Å². The molecular weight excluding hydrogens is 342 g/mol. The number of piperidine rings is 1. The van der Waals surface area contributed by atoms with E-state index in [-0.39, 0.29) is 17.9 Å². The van der Waals surface area contributed by atoms with Crippen LogP contribution in [0.2, 0.25) is 0 Å². The second kappa shape index (κ2) is 7.35. The molecule has 1 saturated carbocycles. The van der Waals surface area contributed by atoms with Gasteiger partial charge in [0.15, 0.2) is 0 Å². The van der Waals surface area contributed by atoms with Crippen molar-refractivity contribution in [3.63, 3.8) is 0 Å². The number of ether oxygens (including phenoxy) is 1. The van der Waals surface area contributed by atoms with Gasteiger partial charge in [-0.15, -0.1) is 0 Å². The van der Waals surface area contributed by atoms with Gasteiger partial charge in [0.2, 0.25) is 5.91 Å². The molecule has 1 aliphatic carbocycles. The molecule has 0 bridgehead atoms. The largest absolute Gasteiger partial charge is 0.489 e. The minimum atomic E-state index is -0.423. The number of amides is 2. The first kappa shape index (κ1) is 18.0. The molecule has 3 atom stereocenters. The van der Waals surface area contributed by atoms with E-state index in [9.17, 15) is 9.59 Å². The lowest BCUT2D eigenvalue weighted by Crippen LogP contribution is -2.49. The predicted molar refractivity (Wildman–Crippen MR) is 102 cm³/mol. The number of nitrogens with one attached hydrogen (secondary N) is 2. The second-order valence-corrected chi connectivity index (χ2v) is 7.65. The van der Waals surface area contributed by atoms with Gasteiger partial charge in [-0.05, 0) is 62.4 Å². The van der Waals surface area contributed by atoms with Crippen molar-refractivity contribution in [1.29, 1.82) is 0 Å². The first-order chi connectivity index (χ1) is 13.1. The smallest absolute Gasteiger partial charge is 0.255 e. The average molecular weight is 369 g/mol. The Balaban J connectivity index is 1.48. The van der Waals surface area contributed by atoms with Gasteiger partial charge in [-0.2, -0.15) is 0 Å². The Morgan fingerprint density at radius 1 is 1.30 bits per heavy atom. The Morgan fingerprint density at radius 3 is 2.93 bits per heavy atom. The molecule has 3 aliphatic rings. The number of carbonyl (C=O) groups excluding carboxylic acids is 2. The molecule has 4 rings (SSSR count). The van der Waals surface area contributed by atoms with E-state index in [1.165, 1.54) is 6.42 Å². The molecule has 0 radical (unpaired) electrons. The van der Waals surface area contributed by atoms with Gasteiger partial charge in [0, 0.05) is 23.8 Å². The number of allylic oxidation sites excluding steroid dienone is 1. The molecule has 0 aromatic heterocycles. The van der Waals surface area contributed by atoms with Crippen LogP contribution in [0.25, 0.3) is 0 Å². The van der Waals surface area contributed by atoms with Gasteiger partial charge in [0.05, 0.1) is 0 Å². The third kappa shape index (κ3) is 3.46. The van der Waals surface area contributed by atoms with Gasteiger partial charge in [0.1, 0.15) is 17.9 Å². The standard InChI is InChI=1S/C21H27N3O3/c1-3-22-17-5-4-6-19(17)27-15-8-9-16-14(11-15)12-24(21(16)26)18-10-7-13(2)23-20(18)25/h8-9,11,17-19,22H,2-7,10,12H2,1H3,(H,23,25). The van der Waals surface area contributed by atoms with E-state index in [4.69, 9.17) is 4.74 Å². The molecule has 2 aliphatic heterocycles. The molecule has 1 saturated heterocycles. The van der Waals surface area contributed by atoms with Crippen molar-refractivity contribution in [2.24, 2.45) is 0 Å². The summed E-state index contributed by atoms with van der Waals surface area (Å²) in [6.45, 7) is 7.31. The van der Waals surface area contributed by atoms with E-state index in [0.717, 1.165) is 36.4 Å². The van der Waals surface area contributed by atoms with Crippen molar-refractivity contribution in [1.82, 2.24) is 15.5 Å². The van der Waals surface area contributed by atoms with E-state index in [1.807, 2.05) is 18.2 Å². The highest BCUT2D eigenvalue weighted by molar-refractivity contribution is 6.01. The number of nitrogens with zero attached hydrogens (tertiary/aromatic N) is 1. The maximum atomic E-state index is 12.8. The zero-order chi connectivity index (χ0) is 19.0. The number of hydrogen-bond acceptors (Lipinski definition) is 4. The zero-order valence-electron chi connectivity index (χ0n) is 15.8. The molecule has 6 nitrogen and oxygen atoms in total. The van der Waals surface area contributed by atoms with Gasteiger partial charge in [0.25, 0.3) is 5.91 Å². The Labute approximate surface area is 159 Å². The summed E-state index contributed by atoms with van der Waals surface area (Å²) in [6, 6.07) is 5.65. The highest BCUT2D eigenvalue weighted by Gasteiger charge is 2.38. The zero-order valence-corrected chi connectivity index (χ0v) is 15.8. The topological polar surface area (TPSA) is 70.7 Å². The summed E-state index contributed by atoms with van der Waals surface area (Å²) < 4.78 is 6.23. The summed E-state index contributed by atoms with van der Waals surface area (Å²) in [5.74, 6) is 0.596. The number of hydrogen-bond donors (Lipinski definition) is 2. The van der Waals surface area contributed by atoms with E-state index in [2.05, 4.69) is 24.1 Å². The summed E-state index contributed by atoms with van der Waals surface area (Å²) in [5.41, 5.74) is 2.34. The Morgan fingerprint density at radius 2 is 2.15 bits per heavy atom. The van der Waals surface area contributed by atoms with Crippen LogP contribution in [0, 0.1) is 0 Å². The highest BCUT2D eigenvalue weighted by Crippen LogP contribution is 2.32. The lowest BCUT2D eigenvalue weighted by molar-refractivity contribution is -0.126. The van der Waals surface area contributed by atoms with Crippen LogP contribution < -0.4 is 15.4 Å². The molecule has 2 fully saturated rings. The van der Waals surface area contributed by atoms with Crippen LogP contribution >= 0.6 is 0 Å². The van der Waals surface area contributed by atoms with Gasteiger partial charge < -0.3 is 20.3 Å². The lowest BCUT2D eigenvalue weighted by atomic mass is 10.0. The van der Waals surface area contributed by atoms with E-state index in [0.29, 0.717) is 31.0 Å². The molecule has 6 heteroatoms. The summed E-state index contributed by atoms with van der Waals surface area (Å²) in [5, 5.41) is 6.26. The fourth-order valence-corrected chi connectivity index (χ4v) is 4.44. The van der Waals surface area contributed by atoms with E-state index >= 15 is 0 Å². The minimum Gasteiger partial charge on any atom is -0.489 e. The molecule has 2 heterocycles. The molecule has 3 unspecified atom stereocenters. The molecule has 27 heavy (non-hydrogen) atoms. The number of benzene rings is 1. The van der Waals surface area contributed by atoms with Crippen molar-refractivity contribution in [3.05, 3.63) is 41.6 Å². The lowest BCUT2D eigenvalue weighted by Gasteiger charge is -2.30. The highest BCUT2D eigenvalue weighted by atomic mass is 16.5. The first-order valence-electron chi connectivity index (χ1n) is 9.89. The molecule has 144 valence electrons. The molecule has 1 aromatic rings. The Hall–Kier alpha value is -2.34. The molecular formula is C21H27N3O3.